The highest BCUT2D eigenvalue weighted by molar-refractivity contribution is 5.95. The molecule has 0 bridgehead atoms. The van der Waals surface area contributed by atoms with E-state index in [2.05, 4.69) is 12.1 Å². The lowest BCUT2D eigenvalue weighted by Crippen LogP contribution is -2.37. The number of carbonyl (C=O) groups is 1. The molecule has 2 rings (SSSR count). The molecule has 0 spiro atoms. The number of hydrogen-bond donors (Lipinski definition) is 1. The number of fused-ring (bicyclic) bond motifs is 1. The third-order valence-corrected chi connectivity index (χ3v) is 3.16. The minimum Gasteiger partial charge on any atom is -0.490 e. The van der Waals surface area contributed by atoms with Crippen LogP contribution in [0.4, 0.5) is 5.69 Å². The Kier molecular flexibility index (Phi) is 4.20. The van der Waals surface area contributed by atoms with Gasteiger partial charge in [0.05, 0.1) is 12.2 Å². The summed E-state index contributed by atoms with van der Waals surface area (Å²) in [6, 6.07) is 6.06. The third kappa shape index (κ3) is 2.64. The van der Waals surface area contributed by atoms with E-state index in [0.717, 1.165) is 24.3 Å². The predicted molar refractivity (Wildman–Crippen MR) is 72.0 cm³/mol. The van der Waals surface area contributed by atoms with Gasteiger partial charge >= 0.3 is 0 Å². The van der Waals surface area contributed by atoms with Gasteiger partial charge in [-0.2, -0.15) is 0 Å². The van der Waals surface area contributed by atoms with Crippen molar-refractivity contribution in [3.05, 3.63) is 23.8 Å². The molecule has 4 heteroatoms. The molecule has 98 valence electrons. The number of hydrogen-bond acceptors (Lipinski definition) is 3. The van der Waals surface area contributed by atoms with Gasteiger partial charge in [-0.3, -0.25) is 4.79 Å². The summed E-state index contributed by atoms with van der Waals surface area (Å²) >= 11 is 0. The summed E-state index contributed by atoms with van der Waals surface area (Å²) < 4.78 is 5.59. The van der Waals surface area contributed by atoms with Crippen molar-refractivity contribution in [3.63, 3.8) is 0 Å². The molecule has 0 atom stereocenters. The first kappa shape index (κ1) is 12.9. The van der Waals surface area contributed by atoms with E-state index >= 15 is 0 Å². The highest BCUT2D eigenvalue weighted by Crippen LogP contribution is 2.33. The Balaban J connectivity index is 2.26. The van der Waals surface area contributed by atoms with E-state index in [1.54, 1.807) is 0 Å². The predicted octanol–water partition coefficient (Wildman–Crippen LogP) is 1.71. The summed E-state index contributed by atoms with van der Waals surface area (Å²) in [7, 11) is 0. The standard InChI is InChI=1S/C14H20N2O2/c1-2-14(17)16-8-9-18-13-6-5-11(4-3-7-15)10-12(13)16/h5-6,10H,2-4,7-9,15H2,1H3. The Morgan fingerprint density at radius 2 is 2.33 bits per heavy atom. The molecule has 4 nitrogen and oxygen atoms in total. The summed E-state index contributed by atoms with van der Waals surface area (Å²) in [5.41, 5.74) is 7.63. The van der Waals surface area contributed by atoms with Crippen LogP contribution in [0.15, 0.2) is 18.2 Å². The van der Waals surface area contributed by atoms with Crippen LogP contribution in [-0.4, -0.2) is 25.6 Å². The Bertz CT molecular complexity index is 432. The van der Waals surface area contributed by atoms with Crippen molar-refractivity contribution in [1.29, 1.82) is 0 Å². The van der Waals surface area contributed by atoms with E-state index in [1.807, 2.05) is 17.9 Å². The molecule has 1 amide bonds. The normalized spacial score (nSPS) is 14.0. The van der Waals surface area contributed by atoms with Crippen molar-refractivity contribution in [2.45, 2.75) is 26.2 Å². The molecule has 18 heavy (non-hydrogen) atoms. The number of amides is 1. The molecular weight excluding hydrogens is 228 g/mol. The SMILES string of the molecule is CCC(=O)N1CCOc2ccc(CCCN)cc21. The van der Waals surface area contributed by atoms with Gasteiger partial charge in [0.2, 0.25) is 5.91 Å². The first-order chi connectivity index (χ1) is 8.76. The topological polar surface area (TPSA) is 55.6 Å². The van der Waals surface area contributed by atoms with E-state index in [1.165, 1.54) is 5.56 Å². The van der Waals surface area contributed by atoms with Crippen molar-refractivity contribution in [3.8, 4) is 5.75 Å². The molecule has 2 N–H and O–H groups in total. The summed E-state index contributed by atoms with van der Waals surface area (Å²) in [5.74, 6) is 0.954. The zero-order chi connectivity index (χ0) is 13.0. The number of nitrogens with zero attached hydrogens (tertiary/aromatic N) is 1. The summed E-state index contributed by atoms with van der Waals surface area (Å²) in [6.07, 6.45) is 2.42. The lowest BCUT2D eigenvalue weighted by molar-refractivity contribution is -0.118. The van der Waals surface area contributed by atoms with Crippen LogP contribution >= 0.6 is 0 Å². The number of ether oxygens (including phenoxy) is 1. The van der Waals surface area contributed by atoms with Crippen LogP contribution in [0.1, 0.15) is 25.3 Å². The minimum absolute atomic E-state index is 0.149. The number of anilines is 1. The number of carbonyl (C=O) groups excluding carboxylic acids is 1. The molecule has 0 saturated heterocycles. The second kappa shape index (κ2) is 5.87. The summed E-state index contributed by atoms with van der Waals surface area (Å²) in [4.78, 5) is 13.7. The second-order valence-electron chi connectivity index (χ2n) is 4.44. The van der Waals surface area contributed by atoms with E-state index in [9.17, 15) is 4.79 Å². The van der Waals surface area contributed by atoms with E-state index in [0.29, 0.717) is 26.1 Å². The molecule has 0 radical (unpaired) electrons. The first-order valence-corrected chi connectivity index (χ1v) is 6.52. The van der Waals surface area contributed by atoms with Gasteiger partial charge in [0.1, 0.15) is 12.4 Å². The van der Waals surface area contributed by atoms with E-state index < -0.39 is 0 Å². The molecule has 0 unspecified atom stereocenters. The van der Waals surface area contributed by atoms with Crippen LogP contribution in [0.25, 0.3) is 0 Å². The number of aryl methyl sites for hydroxylation is 1. The average Bonchev–Trinajstić information content (AvgIpc) is 2.43. The van der Waals surface area contributed by atoms with Gasteiger partial charge in [-0.25, -0.2) is 0 Å². The van der Waals surface area contributed by atoms with Crippen molar-refractivity contribution in [2.75, 3.05) is 24.6 Å². The summed E-state index contributed by atoms with van der Waals surface area (Å²) in [5, 5.41) is 0. The zero-order valence-electron chi connectivity index (χ0n) is 10.8. The van der Waals surface area contributed by atoms with Gasteiger partial charge in [0.15, 0.2) is 0 Å². The lowest BCUT2D eigenvalue weighted by Gasteiger charge is -2.29. The molecule has 1 aliphatic heterocycles. The van der Waals surface area contributed by atoms with Crippen LogP contribution in [-0.2, 0) is 11.2 Å². The maximum absolute atomic E-state index is 11.9. The highest BCUT2D eigenvalue weighted by atomic mass is 16.5. The van der Waals surface area contributed by atoms with Crippen LogP contribution in [0.2, 0.25) is 0 Å². The second-order valence-corrected chi connectivity index (χ2v) is 4.44. The van der Waals surface area contributed by atoms with Crippen molar-refractivity contribution in [2.24, 2.45) is 5.73 Å². The fourth-order valence-electron chi connectivity index (χ4n) is 2.17. The van der Waals surface area contributed by atoms with E-state index in [4.69, 9.17) is 10.5 Å². The molecule has 1 heterocycles. The average molecular weight is 248 g/mol. The third-order valence-electron chi connectivity index (χ3n) is 3.16. The van der Waals surface area contributed by atoms with Gasteiger partial charge < -0.3 is 15.4 Å². The maximum atomic E-state index is 11.9. The van der Waals surface area contributed by atoms with Crippen molar-refractivity contribution < 1.29 is 9.53 Å². The van der Waals surface area contributed by atoms with Gasteiger partial charge in [0, 0.05) is 6.42 Å². The van der Waals surface area contributed by atoms with E-state index in [-0.39, 0.29) is 5.91 Å². The molecule has 0 aromatic heterocycles. The number of nitrogens with two attached hydrogens (primary N) is 1. The van der Waals surface area contributed by atoms with Crippen molar-refractivity contribution >= 4 is 11.6 Å². The zero-order valence-corrected chi connectivity index (χ0v) is 10.8. The molecule has 1 aromatic carbocycles. The maximum Gasteiger partial charge on any atom is 0.226 e. The quantitative estimate of drug-likeness (QED) is 0.882. The Labute approximate surface area is 108 Å². The minimum atomic E-state index is 0.149. The number of rotatable bonds is 4. The largest absolute Gasteiger partial charge is 0.490 e. The van der Waals surface area contributed by atoms with Crippen LogP contribution < -0.4 is 15.4 Å². The fraction of sp³-hybridized carbons (Fsp3) is 0.500. The first-order valence-electron chi connectivity index (χ1n) is 6.52. The number of benzene rings is 1. The lowest BCUT2D eigenvalue weighted by atomic mass is 10.1. The molecule has 1 aromatic rings. The van der Waals surface area contributed by atoms with Crippen LogP contribution in [0.5, 0.6) is 5.75 Å². The molecule has 1 aliphatic rings. The molecular formula is C14H20N2O2. The Morgan fingerprint density at radius 3 is 3.06 bits per heavy atom. The van der Waals surface area contributed by atoms with Gasteiger partial charge in [-0.15, -0.1) is 0 Å². The molecule has 0 fully saturated rings. The van der Waals surface area contributed by atoms with Crippen LogP contribution in [0, 0.1) is 0 Å². The Hall–Kier alpha value is -1.55. The monoisotopic (exact) mass is 248 g/mol. The van der Waals surface area contributed by atoms with Gasteiger partial charge in [-0.05, 0) is 37.1 Å². The molecule has 0 aliphatic carbocycles. The fourth-order valence-corrected chi connectivity index (χ4v) is 2.17. The van der Waals surface area contributed by atoms with Gasteiger partial charge in [0.25, 0.3) is 0 Å². The van der Waals surface area contributed by atoms with Gasteiger partial charge in [-0.1, -0.05) is 13.0 Å². The smallest absolute Gasteiger partial charge is 0.226 e. The van der Waals surface area contributed by atoms with Crippen LogP contribution in [0.3, 0.4) is 0 Å². The Morgan fingerprint density at radius 1 is 1.50 bits per heavy atom. The molecule has 0 saturated carbocycles. The van der Waals surface area contributed by atoms with Crippen molar-refractivity contribution in [1.82, 2.24) is 0 Å². The summed E-state index contributed by atoms with van der Waals surface area (Å²) in [6.45, 7) is 3.78. The highest BCUT2D eigenvalue weighted by Gasteiger charge is 2.22.